The minimum atomic E-state index is -4.59. The summed E-state index contributed by atoms with van der Waals surface area (Å²) in [6, 6.07) is 7.22. The molecular weight excluding hydrogens is 236 g/mol. The summed E-state index contributed by atoms with van der Waals surface area (Å²) in [5, 5.41) is -1.27. The molecule has 6 nitrogen and oxygen atoms in total. The highest BCUT2D eigenvalue weighted by molar-refractivity contribution is 8.02. The van der Waals surface area contributed by atoms with Crippen molar-refractivity contribution >= 4 is 21.2 Å². The van der Waals surface area contributed by atoms with Crippen LogP contribution in [0.3, 0.4) is 0 Å². The average Bonchev–Trinajstić information content (AvgIpc) is 2.27. The van der Waals surface area contributed by atoms with Gasteiger partial charge >= 0.3 is 21.2 Å². The largest absolute Gasteiger partial charge is 0.370 e. The SMILES string of the molecule is CC(=O)OOS(=O)(=O)C(=O)c1ccccc1. The highest BCUT2D eigenvalue weighted by Crippen LogP contribution is 2.07. The monoisotopic (exact) mass is 244 g/mol. The van der Waals surface area contributed by atoms with Gasteiger partial charge in [0.15, 0.2) is 0 Å². The van der Waals surface area contributed by atoms with Crippen LogP contribution in [0.1, 0.15) is 17.3 Å². The molecular formula is C9H8O6S. The van der Waals surface area contributed by atoms with Crippen molar-refractivity contribution in [2.75, 3.05) is 0 Å². The molecule has 0 heterocycles. The Morgan fingerprint density at radius 1 is 1.12 bits per heavy atom. The zero-order chi connectivity index (χ0) is 12.2. The molecule has 0 aliphatic heterocycles. The van der Waals surface area contributed by atoms with Gasteiger partial charge in [-0.1, -0.05) is 30.3 Å². The molecule has 1 aromatic rings. The van der Waals surface area contributed by atoms with E-state index in [0.717, 1.165) is 6.92 Å². The van der Waals surface area contributed by atoms with Gasteiger partial charge in [-0.05, 0) is 4.33 Å². The molecule has 0 aromatic heterocycles. The molecule has 1 aromatic carbocycles. The summed E-state index contributed by atoms with van der Waals surface area (Å²) < 4.78 is 26.2. The number of carbonyl (C=O) groups excluding carboxylic acids is 2. The van der Waals surface area contributed by atoms with E-state index in [1.807, 2.05) is 0 Å². The smallest absolute Gasteiger partial charge is 0.281 e. The molecule has 0 unspecified atom stereocenters. The molecule has 0 aliphatic rings. The first kappa shape index (κ1) is 12.3. The van der Waals surface area contributed by atoms with Crippen molar-refractivity contribution < 1.29 is 27.2 Å². The second-order valence-electron chi connectivity index (χ2n) is 2.75. The third kappa shape index (κ3) is 3.14. The highest BCUT2D eigenvalue weighted by Gasteiger charge is 2.27. The van der Waals surface area contributed by atoms with Gasteiger partial charge in [0, 0.05) is 12.5 Å². The first-order valence-electron chi connectivity index (χ1n) is 4.14. The second kappa shape index (κ2) is 4.86. The van der Waals surface area contributed by atoms with Crippen molar-refractivity contribution in [3.05, 3.63) is 35.9 Å². The maximum atomic E-state index is 11.4. The van der Waals surface area contributed by atoms with Crippen molar-refractivity contribution in [3.8, 4) is 0 Å². The van der Waals surface area contributed by atoms with Crippen LogP contribution in [-0.4, -0.2) is 19.5 Å². The Balaban J connectivity index is 2.85. The zero-order valence-corrected chi connectivity index (χ0v) is 9.06. The lowest BCUT2D eigenvalue weighted by molar-refractivity contribution is -0.207. The number of benzene rings is 1. The van der Waals surface area contributed by atoms with Crippen molar-refractivity contribution in [1.29, 1.82) is 0 Å². The van der Waals surface area contributed by atoms with E-state index >= 15 is 0 Å². The second-order valence-corrected chi connectivity index (χ2v) is 4.17. The van der Waals surface area contributed by atoms with Crippen LogP contribution >= 0.6 is 0 Å². The van der Waals surface area contributed by atoms with Crippen LogP contribution in [-0.2, 0) is 24.1 Å². The molecule has 0 atom stereocenters. The quantitative estimate of drug-likeness (QED) is 0.573. The molecule has 0 radical (unpaired) electrons. The Bertz CT molecular complexity index is 490. The predicted octanol–water partition coefficient (Wildman–Crippen LogP) is 0.651. The van der Waals surface area contributed by atoms with Crippen LogP contribution in [0.4, 0.5) is 0 Å². The lowest BCUT2D eigenvalue weighted by atomic mass is 10.2. The molecule has 0 fully saturated rings. The average molecular weight is 244 g/mol. The van der Waals surface area contributed by atoms with E-state index < -0.39 is 21.2 Å². The van der Waals surface area contributed by atoms with Gasteiger partial charge in [0.1, 0.15) is 0 Å². The van der Waals surface area contributed by atoms with Gasteiger partial charge in [0.25, 0.3) is 0 Å². The third-order valence-corrected chi connectivity index (χ3v) is 2.41. The van der Waals surface area contributed by atoms with Crippen LogP contribution in [0.25, 0.3) is 0 Å². The molecule has 0 N–H and O–H groups in total. The Hall–Kier alpha value is -1.73. The molecule has 16 heavy (non-hydrogen) atoms. The van der Waals surface area contributed by atoms with Crippen molar-refractivity contribution in [2.45, 2.75) is 6.92 Å². The first-order chi connectivity index (χ1) is 7.43. The Labute approximate surface area is 91.8 Å². The van der Waals surface area contributed by atoms with E-state index in [1.54, 1.807) is 6.07 Å². The minimum absolute atomic E-state index is 0.0744. The third-order valence-electron chi connectivity index (χ3n) is 1.48. The van der Waals surface area contributed by atoms with E-state index in [9.17, 15) is 18.0 Å². The molecule has 7 heteroatoms. The summed E-state index contributed by atoms with van der Waals surface area (Å²) in [6.07, 6.45) is 0. The van der Waals surface area contributed by atoms with Crippen LogP contribution in [0.15, 0.2) is 30.3 Å². The summed E-state index contributed by atoms with van der Waals surface area (Å²) in [7, 11) is -4.59. The van der Waals surface area contributed by atoms with Crippen LogP contribution in [0, 0.1) is 0 Å². The number of hydrogen-bond acceptors (Lipinski definition) is 6. The molecule has 1 rings (SSSR count). The van der Waals surface area contributed by atoms with Crippen molar-refractivity contribution in [3.63, 3.8) is 0 Å². The van der Waals surface area contributed by atoms with E-state index in [2.05, 4.69) is 9.22 Å². The molecule has 0 bridgehead atoms. The fourth-order valence-corrected chi connectivity index (χ4v) is 1.51. The summed E-state index contributed by atoms with van der Waals surface area (Å²) in [4.78, 5) is 25.5. The lowest BCUT2D eigenvalue weighted by Crippen LogP contribution is -2.19. The van der Waals surface area contributed by atoms with E-state index in [1.165, 1.54) is 24.3 Å². The van der Waals surface area contributed by atoms with Crippen molar-refractivity contribution in [1.82, 2.24) is 0 Å². The van der Waals surface area contributed by atoms with Gasteiger partial charge in [-0.25, -0.2) is 4.79 Å². The van der Waals surface area contributed by atoms with E-state index in [4.69, 9.17) is 0 Å². The number of hydrogen-bond donors (Lipinski definition) is 0. The molecule has 86 valence electrons. The fraction of sp³-hybridized carbons (Fsp3) is 0.111. The topological polar surface area (TPSA) is 86.7 Å². The maximum Gasteiger partial charge on any atom is 0.370 e. The summed E-state index contributed by atoms with van der Waals surface area (Å²) in [5.74, 6) is -0.968. The molecule has 0 saturated carbocycles. The van der Waals surface area contributed by atoms with Gasteiger partial charge in [-0.15, -0.1) is 0 Å². The van der Waals surface area contributed by atoms with E-state index in [0.29, 0.717) is 0 Å². The normalized spacial score (nSPS) is 10.8. The molecule has 0 amide bonds. The Morgan fingerprint density at radius 2 is 1.69 bits per heavy atom. The van der Waals surface area contributed by atoms with E-state index in [-0.39, 0.29) is 5.56 Å². The highest BCUT2D eigenvalue weighted by atomic mass is 32.2. The summed E-state index contributed by atoms with van der Waals surface area (Å²) in [6.45, 7) is 0.947. The Kier molecular flexibility index (Phi) is 3.75. The molecule has 0 spiro atoms. The standard InChI is InChI=1S/C9H8O6S/c1-7(10)14-15-16(12,13)9(11)8-5-3-2-4-6-8/h2-6H,1H3. The fourth-order valence-electron chi connectivity index (χ4n) is 0.842. The van der Waals surface area contributed by atoms with Gasteiger partial charge < -0.3 is 0 Å². The molecule has 0 aliphatic carbocycles. The Morgan fingerprint density at radius 3 is 2.19 bits per heavy atom. The first-order valence-corrected chi connectivity index (χ1v) is 5.55. The van der Waals surface area contributed by atoms with Crippen LogP contribution < -0.4 is 0 Å². The molecule has 0 saturated heterocycles. The zero-order valence-electron chi connectivity index (χ0n) is 8.24. The van der Waals surface area contributed by atoms with Crippen molar-refractivity contribution in [2.24, 2.45) is 0 Å². The predicted molar refractivity (Wildman–Crippen MR) is 52.5 cm³/mol. The maximum absolute atomic E-state index is 11.4. The van der Waals surface area contributed by atoms with Gasteiger partial charge in [0.05, 0.1) is 0 Å². The van der Waals surface area contributed by atoms with Crippen LogP contribution in [0.5, 0.6) is 0 Å². The van der Waals surface area contributed by atoms with Gasteiger partial charge in [-0.3, -0.25) is 9.68 Å². The summed E-state index contributed by atoms with van der Waals surface area (Å²) in [5.41, 5.74) is -0.0744. The lowest BCUT2D eigenvalue weighted by Gasteiger charge is -2.01. The number of carbonyl (C=O) groups is 2. The summed E-state index contributed by atoms with van der Waals surface area (Å²) >= 11 is 0. The van der Waals surface area contributed by atoms with Gasteiger partial charge in [0.2, 0.25) is 0 Å². The van der Waals surface area contributed by atoms with Crippen LogP contribution in [0.2, 0.25) is 0 Å². The minimum Gasteiger partial charge on any atom is -0.281 e. The number of rotatable bonds is 3. The van der Waals surface area contributed by atoms with Gasteiger partial charge in [-0.2, -0.15) is 8.42 Å².